The molecule has 1 fully saturated rings. The smallest absolute Gasteiger partial charge is 0.363 e. The molecule has 1 atom stereocenters. The van der Waals surface area contributed by atoms with Crippen molar-refractivity contribution in [3.05, 3.63) is 84.5 Å². The van der Waals surface area contributed by atoms with Gasteiger partial charge in [-0.1, -0.05) is 17.7 Å². The molecule has 2 aliphatic heterocycles. The number of hydrazone groups is 1. The number of hydrogen-bond donors (Lipinski definition) is 1. The Bertz CT molecular complexity index is 1350. The van der Waals surface area contributed by atoms with Gasteiger partial charge in [-0.2, -0.15) is 4.98 Å². The maximum absolute atomic E-state index is 13.5. The van der Waals surface area contributed by atoms with Crippen LogP contribution in [0, 0.1) is 11.7 Å². The highest BCUT2D eigenvalue weighted by atomic mass is 19.1. The third kappa shape index (κ3) is 4.65. The number of nitrogens with zero attached hydrogens (tertiary/aromatic N) is 5. The monoisotopic (exact) mass is 471 g/mol. The van der Waals surface area contributed by atoms with E-state index in [0.717, 1.165) is 24.9 Å². The molecule has 3 heterocycles. The second-order valence-electron chi connectivity index (χ2n) is 8.37. The summed E-state index contributed by atoms with van der Waals surface area (Å²) >= 11 is 0. The number of likely N-dealkylation sites (tertiary alicyclic amines) is 1. The van der Waals surface area contributed by atoms with E-state index in [1.54, 1.807) is 33.8 Å². The summed E-state index contributed by atoms with van der Waals surface area (Å²) in [7, 11) is 0. The predicted molar refractivity (Wildman–Crippen MR) is 130 cm³/mol. The number of piperidine rings is 1. The summed E-state index contributed by atoms with van der Waals surface area (Å²) in [5, 5.41) is 4.79. The van der Waals surface area contributed by atoms with Gasteiger partial charge in [0.15, 0.2) is 0 Å². The van der Waals surface area contributed by atoms with E-state index in [1.165, 1.54) is 24.5 Å². The van der Waals surface area contributed by atoms with E-state index in [-0.39, 0.29) is 17.6 Å². The van der Waals surface area contributed by atoms with Crippen molar-refractivity contribution in [2.24, 2.45) is 11.0 Å². The molecule has 35 heavy (non-hydrogen) atoms. The molecule has 2 aromatic carbocycles. The van der Waals surface area contributed by atoms with Gasteiger partial charge in [-0.25, -0.2) is 4.39 Å². The van der Waals surface area contributed by atoms with E-state index in [0.29, 0.717) is 41.0 Å². The highest BCUT2D eigenvalue weighted by Crippen LogP contribution is 2.32. The van der Waals surface area contributed by atoms with Crippen molar-refractivity contribution >= 4 is 29.5 Å². The molecule has 2 aliphatic rings. The molecule has 5 rings (SSSR count). The van der Waals surface area contributed by atoms with Gasteiger partial charge in [0.05, 0.1) is 0 Å². The molecule has 0 spiro atoms. The molecule has 8 nitrogen and oxygen atoms in total. The average Bonchev–Trinajstić information content (AvgIpc) is 3.24. The SMILES string of the molecule is C=CC(=O)N1CCCC(C=[N+]2N=C(c3ccc(Oc4cccc(F)c4)cc3)c3c(N)ncnc32)C1. The molecule has 0 bridgehead atoms. The molecule has 2 N–H and O–H groups in total. The van der Waals surface area contributed by atoms with E-state index < -0.39 is 0 Å². The van der Waals surface area contributed by atoms with Gasteiger partial charge >= 0.3 is 5.82 Å². The average molecular weight is 472 g/mol. The Labute approximate surface area is 201 Å². The first-order chi connectivity index (χ1) is 17.0. The Kier molecular flexibility index (Phi) is 6.05. The van der Waals surface area contributed by atoms with Crippen LogP contribution in [0.25, 0.3) is 0 Å². The highest BCUT2D eigenvalue weighted by Gasteiger charge is 2.34. The summed E-state index contributed by atoms with van der Waals surface area (Å²) in [5.74, 6) is 1.58. The van der Waals surface area contributed by atoms with Crippen LogP contribution in [0.3, 0.4) is 0 Å². The summed E-state index contributed by atoms with van der Waals surface area (Å²) in [6.07, 6.45) is 6.58. The first kappa shape index (κ1) is 22.4. The number of carbonyl (C=O) groups is 1. The standard InChI is InChI=1S/C26H24FN6O2/c1-2-22(34)32-12-4-5-17(14-32)15-33-26-23(25(28)29-16-30-26)24(31-33)18-8-10-20(11-9-18)35-21-7-3-6-19(27)13-21/h2-3,6-11,13,15-17H,1,4-5,12,14H2,(H2,28,29,30)/q+1. The zero-order valence-electron chi connectivity index (χ0n) is 19.0. The van der Waals surface area contributed by atoms with Crippen LogP contribution in [0.1, 0.15) is 24.0 Å². The van der Waals surface area contributed by atoms with Crippen molar-refractivity contribution in [1.29, 1.82) is 0 Å². The van der Waals surface area contributed by atoms with Crippen LogP contribution >= 0.6 is 0 Å². The molecule has 0 radical (unpaired) electrons. The number of nitrogens with two attached hydrogens (primary N) is 1. The number of hydrogen-bond acceptors (Lipinski definition) is 6. The van der Waals surface area contributed by atoms with Crippen LogP contribution in [0.5, 0.6) is 11.5 Å². The number of aromatic nitrogens is 2. The van der Waals surface area contributed by atoms with Crippen molar-refractivity contribution < 1.29 is 18.6 Å². The maximum Gasteiger partial charge on any atom is 0.363 e. The number of carbonyl (C=O) groups excluding carboxylic acids is 1. The number of halogens is 1. The minimum absolute atomic E-state index is 0.0683. The van der Waals surface area contributed by atoms with Crippen LogP contribution in [0.4, 0.5) is 16.0 Å². The van der Waals surface area contributed by atoms with Gasteiger partial charge in [0, 0.05) is 30.6 Å². The summed E-state index contributed by atoms with van der Waals surface area (Å²) in [4.78, 5) is 22.5. The van der Waals surface area contributed by atoms with Gasteiger partial charge in [0.1, 0.15) is 40.6 Å². The molecule has 176 valence electrons. The lowest BCUT2D eigenvalue weighted by atomic mass is 9.99. The summed E-state index contributed by atoms with van der Waals surface area (Å²) in [5.41, 5.74) is 8.32. The highest BCUT2D eigenvalue weighted by molar-refractivity contribution is 6.18. The Hall–Kier alpha value is -4.40. The fourth-order valence-electron chi connectivity index (χ4n) is 4.31. The minimum Gasteiger partial charge on any atom is -0.457 e. The first-order valence-corrected chi connectivity index (χ1v) is 11.3. The number of benzene rings is 2. The van der Waals surface area contributed by atoms with Crippen LogP contribution < -0.4 is 10.5 Å². The Morgan fingerprint density at radius 1 is 1.20 bits per heavy atom. The Morgan fingerprint density at radius 3 is 2.80 bits per heavy atom. The first-order valence-electron chi connectivity index (χ1n) is 11.3. The topological polar surface area (TPSA) is 96.7 Å². The maximum atomic E-state index is 13.5. The fourth-order valence-corrected chi connectivity index (χ4v) is 4.31. The van der Waals surface area contributed by atoms with Crippen LogP contribution in [-0.4, -0.2) is 50.5 Å². The van der Waals surface area contributed by atoms with E-state index in [9.17, 15) is 9.18 Å². The third-order valence-electron chi connectivity index (χ3n) is 5.97. The molecule has 0 saturated carbocycles. The normalized spacial score (nSPS) is 18.2. The number of ether oxygens (including phenoxy) is 1. The lowest BCUT2D eigenvalue weighted by molar-refractivity contribution is -0.442. The number of anilines is 1. The van der Waals surface area contributed by atoms with Crippen molar-refractivity contribution in [2.75, 3.05) is 18.8 Å². The molecule has 1 aromatic heterocycles. The molecule has 9 heteroatoms. The van der Waals surface area contributed by atoms with E-state index in [4.69, 9.17) is 15.6 Å². The van der Waals surface area contributed by atoms with Crippen molar-refractivity contribution in [1.82, 2.24) is 14.9 Å². The quantitative estimate of drug-likeness (QED) is 0.450. The molecule has 1 amide bonds. The van der Waals surface area contributed by atoms with E-state index in [2.05, 4.69) is 16.5 Å². The lowest BCUT2D eigenvalue weighted by Crippen LogP contribution is -2.40. The summed E-state index contributed by atoms with van der Waals surface area (Å²) in [6, 6.07) is 13.3. The van der Waals surface area contributed by atoms with Crippen molar-refractivity contribution in [3.8, 4) is 11.5 Å². The van der Waals surface area contributed by atoms with E-state index in [1.807, 2.05) is 18.3 Å². The summed E-state index contributed by atoms with van der Waals surface area (Å²) in [6.45, 7) is 4.90. The van der Waals surface area contributed by atoms with Crippen molar-refractivity contribution in [2.45, 2.75) is 12.8 Å². The van der Waals surface area contributed by atoms with Gasteiger partial charge < -0.3 is 15.4 Å². The zero-order chi connectivity index (χ0) is 24.4. The number of amides is 1. The molecule has 3 aromatic rings. The van der Waals surface area contributed by atoms with E-state index >= 15 is 0 Å². The minimum atomic E-state index is -0.363. The number of rotatable bonds is 5. The Morgan fingerprint density at radius 2 is 2.03 bits per heavy atom. The molecule has 0 aliphatic carbocycles. The predicted octanol–water partition coefficient (Wildman–Crippen LogP) is 3.90. The van der Waals surface area contributed by atoms with Gasteiger partial charge in [-0.3, -0.25) is 4.79 Å². The van der Waals surface area contributed by atoms with Crippen LogP contribution in [-0.2, 0) is 4.79 Å². The molecule has 1 saturated heterocycles. The summed E-state index contributed by atoms with van der Waals surface area (Å²) < 4.78 is 20.9. The van der Waals surface area contributed by atoms with Crippen LogP contribution in [0.15, 0.2) is 72.6 Å². The van der Waals surface area contributed by atoms with Gasteiger partial charge in [-0.15, -0.1) is 4.68 Å². The third-order valence-corrected chi connectivity index (χ3v) is 5.97. The second kappa shape index (κ2) is 9.46. The largest absolute Gasteiger partial charge is 0.457 e. The number of nitrogen functional groups attached to an aromatic ring is 1. The fraction of sp³-hybridized carbons (Fsp3) is 0.192. The van der Waals surface area contributed by atoms with Gasteiger partial charge in [0.25, 0.3) is 0 Å². The number of fused-ring (bicyclic) bond motifs is 1. The van der Waals surface area contributed by atoms with Gasteiger partial charge in [-0.05, 0) is 60.3 Å². The van der Waals surface area contributed by atoms with Crippen molar-refractivity contribution in [3.63, 3.8) is 0 Å². The second-order valence-corrected chi connectivity index (χ2v) is 8.37. The molecular weight excluding hydrogens is 447 g/mol. The van der Waals surface area contributed by atoms with Gasteiger partial charge in [0.2, 0.25) is 12.2 Å². The molecular formula is C26H24FN6O2+. The Balaban J connectivity index is 1.44. The molecule has 1 unspecified atom stereocenters. The lowest BCUT2D eigenvalue weighted by Gasteiger charge is -2.29. The zero-order valence-corrected chi connectivity index (χ0v) is 19.0. The van der Waals surface area contributed by atoms with Crippen LogP contribution in [0.2, 0.25) is 0 Å².